The Labute approximate surface area is 209 Å². The third-order valence-electron chi connectivity index (χ3n) is 6.11. The van der Waals surface area contributed by atoms with E-state index in [2.05, 4.69) is 20.5 Å². The molecule has 0 unspecified atom stereocenters. The fourth-order valence-corrected chi connectivity index (χ4v) is 5.05. The number of nitrogens with zero attached hydrogens (tertiary/aromatic N) is 5. The van der Waals surface area contributed by atoms with E-state index < -0.39 is 10.0 Å². The minimum absolute atomic E-state index is 0.217. The number of nitrogens with one attached hydrogen (secondary N) is 2. The molecule has 2 aromatic heterocycles. The molecule has 36 heavy (non-hydrogen) atoms. The van der Waals surface area contributed by atoms with Crippen LogP contribution in [0.3, 0.4) is 0 Å². The summed E-state index contributed by atoms with van der Waals surface area (Å²) < 4.78 is 31.3. The van der Waals surface area contributed by atoms with Gasteiger partial charge in [-0.15, -0.1) is 0 Å². The zero-order valence-electron chi connectivity index (χ0n) is 19.8. The molecule has 5 rings (SSSR count). The molecule has 2 N–H and O–H groups in total. The first-order valence-electron chi connectivity index (χ1n) is 11.6. The number of carbonyl (C=O) groups excluding carboxylic acids is 1. The fourth-order valence-electron chi connectivity index (χ4n) is 4.27. The van der Waals surface area contributed by atoms with Gasteiger partial charge in [0.1, 0.15) is 5.82 Å². The number of ether oxygens (including phenoxy) is 1. The molecule has 4 heterocycles. The third-order valence-corrected chi connectivity index (χ3v) is 7.36. The Hall–Kier alpha value is -3.61. The maximum atomic E-state index is 12.3. The van der Waals surface area contributed by atoms with Gasteiger partial charge in [0.25, 0.3) is 0 Å². The highest BCUT2D eigenvalue weighted by Gasteiger charge is 2.29. The topological polar surface area (TPSA) is 130 Å². The van der Waals surface area contributed by atoms with Crippen LogP contribution in [0.15, 0.2) is 48.8 Å². The number of anilines is 3. The van der Waals surface area contributed by atoms with E-state index in [0.717, 1.165) is 22.6 Å². The van der Waals surface area contributed by atoms with E-state index >= 15 is 0 Å². The lowest BCUT2D eigenvalue weighted by molar-refractivity contribution is 0.122. The van der Waals surface area contributed by atoms with Crippen LogP contribution in [0.4, 0.5) is 22.0 Å². The lowest BCUT2D eigenvalue weighted by atomic mass is 10.1. The molecule has 0 spiro atoms. The number of morpholine rings is 1. The van der Waals surface area contributed by atoms with E-state index in [-0.39, 0.29) is 12.6 Å². The quantitative estimate of drug-likeness (QED) is 0.536. The standard InChI is InChI=1S/C24H27N7O4S/c1-36(33,34)31-10-8-20-21(16-31)28-22(29-23(20)30-11-13-35-14-12-30)17-4-6-18(7-5-17)26-24(32)27-19-3-2-9-25-15-19/h2-7,9,15H,8,10-14,16H2,1H3,(H2,26,27,32). The summed E-state index contributed by atoms with van der Waals surface area (Å²) in [4.78, 5) is 28.1. The monoisotopic (exact) mass is 509 g/mol. The lowest BCUT2D eigenvalue weighted by Crippen LogP contribution is -2.40. The summed E-state index contributed by atoms with van der Waals surface area (Å²) in [7, 11) is -3.33. The summed E-state index contributed by atoms with van der Waals surface area (Å²) in [6.07, 6.45) is 4.98. The third kappa shape index (κ3) is 5.45. The zero-order chi connectivity index (χ0) is 25.1. The summed E-state index contributed by atoms with van der Waals surface area (Å²) in [5.74, 6) is 1.35. The summed E-state index contributed by atoms with van der Waals surface area (Å²) in [6, 6.07) is 10.3. The number of sulfonamides is 1. The molecule has 0 aliphatic carbocycles. The van der Waals surface area contributed by atoms with Gasteiger partial charge in [-0.1, -0.05) is 0 Å². The number of fused-ring (bicyclic) bond motifs is 1. The molecule has 12 heteroatoms. The largest absolute Gasteiger partial charge is 0.378 e. The van der Waals surface area contributed by atoms with Crippen LogP contribution < -0.4 is 15.5 Å². The fraction of sp³-hybridized carbons (Fsp3) is 0.333. The Morgan fingerprint density at radius 1 is 1.00 bits per heavy atom. The van der Waals surface area contributed by atoms with Crippen LogP contribution in [0.25, 0.3) is 11.4 Å². The van der Waals surface area contributed by atoms with Gasteiger partial charge in [-0.25, -0.2) is 23.2 Å². The highest BCUT2D eigenvalue weighted by Crippen LogP contribution is 2.31. The van der Waals surface area contributed by atoms with Gasteiger partial charge in [0.05, 0.1) is 43.6 Å². The van der Waals surface area contributed by atoms with E-state index in [1.165, 1.54) is 10.6 Å². The number of hydrogen-bond acceptors (Lipinski definition) is 8. The molecule has 1 saturated heterocycles. The minimum atomic E-state index is -3.33. The number of amides is 2. The van der Waals surface area contributed by atoms with Crippen LogP contribution >= 0.6 is 0 Å². The van der Waals surface area contributed by atoms with Gasteiger partial charge in [-0.2, -0.15) is 4.31 Å². The van der Waals surface area contributed by atoms with Crippen molar-refractivity contribution in [1.82, 2.24) is 19.3 Å². The molecular formula is C24H27N7O4S. The molecule has 0 saturated carbocycles. The second-order valence-electron chi connectivity index (χ2n) is 8.64. The Kier molecular flexibility index (Phi) is 6.81. The SMILES string of the molecule is CS(=O)(=O)N1CCc2c(nc(-c3ccc(NC(=O)Nc4cccnc4)cc3)nc2N2CCOCC2)C1. The van der Waals surface area contributed by atoms with Crippen LogP contribution in [-0.2, 0) is 27.7 Å². The Morgan fingerprint density at radius 2 is 1.75 bits per heavy atom. The number of benzene rings is 1. The number of hydrogen-bond donors (Lipinski definition) is 2. The maximum Gasteiger partial charge on any atom is 0.323 e. The molecule has 3 aromatic rings. The number of carbonyl (C=O) groups is 1. The van der Waals surface area contributed by atoms with Gasteiger partial charge in [-0.05, 0) is 42.8 Å². The lowest BCUT2D eigenvalue weighted by Gasteiger charge is -2.33. The predicted molar refractivity (Wildman–Crippen MR) is 136 cm³/mol. The summed E-state index contributed by atoms with van der Waals surface area (Å²) >= 11 is 0. The number of urea groups is 1. The van der Waals surface area contributed by atoms with Gasteiger partial charge in [-0.3, -0.25) is 4.98 Å². The van der Waals surface area contributed by atoms with Crippen LogP contribution in [0.1, 0.15) is 11.3 Å². The molecule has 2 aliphatic heterocycles. The first-order chi connectivity index (χ1) is 17.4. The van der Waals surface area contributed by atoms with E-state index in [1.807, 2.05) is 12.1 Å². The average Bonchev–Trinajstić information content (AvgIpc) is 2.88. The molecule has 0 radical (unpaired) electrons. The summed E-state index contributed by atoms with van der Waals surface area (Å²) in [5, 5.41) is 5.51. The van der Waals surface area contributed by atoms with Crippen molar-refractivity contribution in [2.75, 3.05) is 54.6 Å². The Balaban J connectivity index is 1.40. The number of aromatic nitrogens is 3. The van der Waals surface area contributed by atoms with Crippen LogP contribution in [-0.4, -0.2) is 72.8 Å². The highest BCUT2D eigenvalue weighted by molar-refractivity contribution is 7.88. The predicted octanol–water partition coefficient (Wildman–Crippen LogP) is 2.34. The molecule has 2 aliphatic rings. The van der Waals surface area contributed by atoms with Crippen molar-refractivity contribution in [1.29, 1.82) is 0 Å². The molecule has 1 fully saturated rings. The molecule has 1 aromatic carbocycles. The number of pyridine rings is 1. The molecule has 0 atom stereocenters. The van der Waals surface area contributed by atoms with E-state index in [1.54, 1.807) is 36.7 Å². The average molecular weight is 510 g/mol. The van der Waals surface area contributed by atoms with Crippen LogP contribution in [0, 0.1) is 0 Å². The molecule has 11 nitrogen and oxygen atoms in total. The van der Waals surface area contributed by atoms with Crippen molar-refractivity contribution in [3.8, 4) is 11.4 Å². The Morgan fingerprint density at radius 3 is 2.44 bits per heavy atom. The van der Waals surface area contributed by atoms with Crippen molar-refractivity contribution < 1.29 is 17.9 Å². The van der Waals surface area contributed by atoms with Crippen molar-refractivity contribution >= 4 is 33.2 Å². The van der Waals surface area contributed by atoms with Gasteiger partial charge < -0.3 is 20.3 Å². The molecule has 0 bridgehead atoms. The van der Waals surface area contributed by atoms with Crippen LogP contribution in [0.5, 0.6) is 0 Å². The van der Waals surface area contributed by atoms with Gasteiger partial charge >= 0.3 is 6.03 Å². The van der Waals surface area contributed by atoms with Crippen molar-refractivity contribution in [2.45, 2.75) is 13.0 Å². The second kappa shape index (κ2) is 10.2. The first kappa shape index (κ1) is 24.1. The Bertz CT molecular complexity index is 1340. The summed E-state index contributed by atoms with van der Waals surface area (Å²) in [5.41, 5.74) is 3.67. The molecular weight excluding hydrogens is 482 g/mol. The van der Waals surface area contributed by atoms with E-state index in [4.69, 9.17) is 14.7 Å². The maximum absolute atomic E-state index is 12.3. The molecule has 2 amide bonds. The highest BCUT2D eigenvalue weighted by atomic mass is 32.2. The van der Waals surface area contributed by atoms with Crippen molar-refractivity contribution in [3.05, 3.63) is 60.0 Å². The smallest absolute Gasteiger partial charge is 0.323 e. The van der Waals surface area contributed by atoms with Crippen molar-refractivity contribution in [2.24, 2.45) is 0 Å². The van der Waals surface area contributed by atoms with Crippen molar-refractivity contribution in [3.63, 3.8) is 0 Å². The van der Waals surface area contributed by atoms with E-state index in [9.17, 15) is 13.2 Å². The second-order valence-corrected chi connectivity index (χ2v) is 10.6. The van der Waals surface area contributed by atoms with E-state index in [0.29, 0.717) is 56.5 Å². The zero-order valence-corrected chi connectivity index (χ0v) is 20.7. The number of rotatable bonds is 5. The van der Waals surface area contributed by atoms with Gasteiger partial charge in [0, 0.05) is 42.6 Å². The first-order valence-corrected chi connectivity index (χ1v) is 13.5. The normalized spacial score (nSPS) is 16.3. The van der Waals surface area contributed by atoms with Crippen LogP contribution in [0.2, 0.25) is 0 Å². The van der Waals surface area contributed by atoms with Gasteiger partial charge in [0.15, 0.2) is 5.82 Å². The minimum Gasteiger partial charge on any atom is -0.378 e. The van der Waals surface area contributed by atoms with Gasteiger partial charge in [0.2, 0.25) is 10.0 Å². The summed E-state index contributed by atoms with van der Waals surface area (Å²) in [6.45, 7) is 3.29. The molecule has 188 valence electrons.